The summed E-state index contributed by atoms with van der Waals surface area (Å²) in [4.78, 5) is 0. The van der Waals surface area contributed by atoms with E-state index in [0.29, 0.717) is 0 Å². The molecule has 0 N–H and O–H groups in total. The highest BCUT2D eigenvalue weighted by atomic mass is 14.4. The fourth-order valence-corrected chi connectivity index (χ4v) is 18.6. The Balaban J connectivity index is 0.703. The molecular weight excluding hydrogens is 1150 g/mol. The van der Waals surface area contributed by atoms with E-state index < -0.39 is 0 Å². The molecule has 16 aromatic rings. The highest BCUT2D eigenvalue weighted by Gasteiger charge is 2.40. The van der Waals surface area contributed by atoms with Crippen LogP contribution in [-0.4, -0.2) is 0 Å². The van der Waals surface area contributed by atoms with E-state index in [9.17, 15) is 0 Å². The third-order valence-corrected chi connectivity index (χ3v) is 23.2. The van der Waals surface area contributed by atoms with Gasteiger partial charge < -0.3 is 0 Å². The maximum absolute atomic E-state index is 2.54. The number of hydrogen-bond acceptors (Lipinski definition) is 0. The molecule has 456 valence electrons. The van der Waals surface area contributed by atoms with Crippen LogP contribution in [0, 0.1) is 20.8 Å². The molecule has 0 nitrogen and oxygen atoms in total. The second kappa shape index (κ2) is 20.3. The molecule has 0 saturated carbocycles. The quantitative estimate of drug-likeness (QED) is 0.146. The second-order valence-electron chi connectivity index (χ2n) is 29.5. The van der Waals surface area contributed by atoms with Gasteiger partial charge >= 0.3 is 0 Å². The molecule has 16 aromatic carbocycles. The summed E-state index contributed by atoms with van der Waals surface area (Å²) in [5, 5.41) is 15.5. The Morgan fingerprint density at radius 3 is 0.854 bits per heavy atom. The van der Waals surface area contributed by atoms with E-state index in [4.69, 9.17) is 0 Å². The van der Waals surface area contributed by atoms with Gasteiger partial charge in [-0.1, -0.05) is 284 Å². The van der Waals surface area contributed by atoms with Gasteiger partial charge in [-0.25, -0.2) is 0 Å². The molecule has 0 heteroatoms. The first kappa shape index (κ1) is 56.6. The van der Waals surface area contributed by atoms with Gasteiger partial charge in [0.15, 0.2) is 0 Å². The molecule has 0 heterocycles. The van der Waals surface area contributed by atoms with Crippen molar-refractivity contribution in [3.8, 4) is 100 Å². The Bertz CT molecular complexity index is 6060. The van der Waals surface area contributed by atoms with E-state index in [1.54, 1.807) is 0 Å². The van der Waals surface area contributed by atoms with Crippen LogP contribution in [0.4, 0.5) is 0 Å². The maximum atomic E-state index is 2.54. The van der Waals surface area contributed by atoms with Crippen LogP contribution in [0.2, 0.25) is 0 Å². The number of rotatable bonds is 6. The predicted molar refractivity (Wildman–Crippen MR) is 411 cm³/mol. The molecule has 0 aromatic heterocycles. The fourth-order valence-electron chi connectivity index (χ4n) is 18.6. The van der Waals surface area contributed by atoms with E-state index in [1.165, 1.54) is 215 Å². The highest BCUT2D eigenvalue weighted by Crippen LogP contribution is 2.58. The van der Waals surface area contributed by atoms with E-state index in [2.05, 4.69) is 335 Å². The number of fused-ring (bicyclic) bond motifs is 15. The van der Waals surface area contributed by atoms with Crippen LogP contribution in [0.1, 0.15) is 91.6 Å². The van der Waals surface area contributed by atoms with E-state index >= 15 is 0 Å². The first-order chi connectivity index (χ1) is 46.7. The summed E-state index contributed by atoms with van der Waals surface area (Å²) >= 11 is 0. The van der Waals surface area contributed by atoms with Crippen LogP contribution in [0.15, 0.2) is 273 Å². The monoisotopic (exact) mass is 1220 g/mol. The molecule has 0 atom stereocenters. The molecule has 0 spiro atoms. The van der Waals surface area contributed by atoms with Gasteiger partial charge in [0.1, 0.15) is 0 Å². The zero-order valence-electron chi connectivity index (χ0n) is 56.0. The van der Waals surface area contributed by atoms with Crippen molar-refractivity contribution in [1.82, 2.24) is 0 Å². The molecule has 0 aliphatic heterocycles. The van der Waals surface area contributed by atoms with Gasteiger partial charge in [0, 0.05) is 16.2 Å². The van der Waals surface area contributed by atoms with Gasteiger partial charge in [0.2, 0.25) is 0 Å². The van der Waals surface area contributed by atoms with Crippen molar-refractivity contribution in [3.05, 3.63) is 323 Å². The Morgan fingerprint density at radius 2 is 0.438 bits per heavy atom. The maximum Gasteiger partial charge on any atom is 0.0159 e. The van der Waals surface area contributed by atoms with Gasteiger partial charge in [0.25, 0.3) is 0 Å². The summed E-state index contributed by atoms with van der Waals surface area (Å²) in [5.41, 5.74) is 34.9. The van der Waals surface area contributed by atoms with Gasteiger partial charge in [-0.15, -0.1) is 0 Å². The van der Waals surface area contributed by atoms with Crippen molar-refractivity contribution in [2.24, 2.45) is 0 Å². The van der Waals surface area contributed by atoms with E-state index in [0.717, 1.165) is 0 Å². The summed E-state index contributed by atoms with van der Waals surface area (Å²) in [6.07, 6.45) is 0. The average Bonchev–Trinajstić information content (AvgIpc) is 1.16. The van der Waals surface area contributed by atoms with Crippen molar-refractivity contribution in [2.45, 2.75) is 78.6 Å². The molecular formula is C96H72. The van der Waals surface area contributed by atoms with Crippen molar-refractivity contribution < 1.29 is 0 Å². The highest BCUT2D eigenvalue weighted by molar-refractivity contribution is 6.31. The van der Waals surface area contributed by atoms with Crippen LogP contribution in [0.25, 0.3) is 165 Å². The normalized spacial score (nSPS) is 14.3. The average molecular weight is 1230 g/mol. The van der Waals surface area contributed by atoms with Crippen molar-refractivity contribution in [3.63, 3.8) is 0 Å². The van der Waals surface area contributed by atoms with E-state index in [-0.39, 0.29) is 16.2 Å². The van der Waals surface area contributed by atoms with Crippen LogP contribution in [-0.2, 0) is 16.2 Å². The molecule has 3 aliphatic rings. The summed E-state index contributed by atoms with van der Waals surface area (Å²) in [6, 6.07) is 105. The molecule has 19 rings (SSSR count). The van der Waals surface area contributed by atoms with Crippen molar-refractivity contribution in [1.29, 1.82) is 0 Å². The van der Waals surface area contributed by atoms with E-state index in [1.807, 2.05) is 0 Å². The molecule has 0 bridgehead atoms. The molecule has 96 heavy (non-hydrogen) atoms. The fraction of sp³-hybridized carbons (Fsp3) is 0.125. The SMILES string of the molecule is Cc1cccc2c(-c3c4ccccc4c(-c4ccc5c(c4)C(C)(C)c4cc(-c6ccc7c(c6)C(C)(C)c6cc(-c8c9cccc(C)c9c(-c9ccccc9)c9cccc(C)c89)ccc6-7)ccc4-5)c4ccccc34)c3ccccc3c(-c3ccc4c(c3)C(C)(C)c3ccccc3-4)c12. The largest absolute Gasteiger partial charge is 0.0622 e. The first-order valence-electron chi connectivity index (χ1n) is 34.4. The summed E-state index contributed by atoms with van der Waals surface area (Å²) in [6.45, 7) is 21.4. The van der Waals surface area contributed by atoms with Crippen LogP contribution in [0.3, 0.4) is 0 Å². The third-order valence-electron chi connectivity index (χ3n) is 23.2. The minimum atomic E-state index is -0.259. The minimum absolute atomic E-state index is 0.112. The number of benzene rings is 16. The number of hydrogen-bond donors (Lipinski definition) is 0. The lowest BCUT2D eigenvalue weighted by Crippen LogP contribution is -2.15. The molecule has 0 saturated heterocycles. The third kappa shape index (κ3) is 7.79. The Kier molecular flexibility index (Phi) is 12.0. The van der Waals surface area contributed by atoms with Crippen LogP contribution in [0.5, 0.6) is 0 Å². The zero-order chi connectivity index (χ0) is 64.8. The topological polar surface area (TPSA) is 0 Å². The first-order valence-corrected chi connectivity index (χ1v) is 34.4. The lowest BCUT2D eigenvalue weighted by molar-refractivity contribution is 0.660. The minimum Gasteiger partial charge on any atom is -0.0622 e. The second-order valence-corrected chi connectivity index (χ2v) is 29.5. The van der Waals surface area contributed by atoms with Crippen molar-refractivity contribution >= 4 is 64.6 Å². The molecule has 0 radical (unpaired) electrons. The van der Waals surface area contributed by atoms with Gasteiger partial charge in [-0.3, -0.25) is 0 Å². The lowest BCUT2D eigenvalue weighted by atomic mass is 9.78. The van der Waals surface area contributed by atoms with Gasteiger partial charge in [-0.05, 0) is 266 Å². The lowest BCUT2D eigenvalue weighted by Gasteiger charge is -2.25. The molecule has 0 amide bonds. The van der Waals surface area contributed by atoms with Crippen LogP contribution >= 0.6 is 0 Å². The Morgan fingerprint density at radius 1 is 0.177 bits per heavy atom. The Hall–Kier alpha value is -10.9. The predicted octanol–water partition coefficient (Wildman–Crippen LogP) is 26.5. The standard InChI is InChI=1S/C96H72/c1-55-24-22-37-77-85(55)89(58-27-11-10-12-28-58)76-36-21-25-56(2)86(76)91(77)63-44-49-69-67-46-41-60(51-81(67)96(8,9)84(69)54-63)59-40-45-66-68-47-42-61(52-83(68)95(6,7)80(66)50-59)88-70-30-13-16-33-73(70)92(74-34-17-14-31-71(74)88)93-75-35-18-15-32-72(75)90(87-57(3)26-23-38-78(87)93)62-43-48-65-64-29-19-20-39-79(64)94(4,5)82(65)53-62/h10-54H,1-9H3. The summed E-state index contributed by atoms with van der Waals surface area (Å²) in [5.74, 6) is 0. The summed E-state index contributed by atoms with van der Waals surface area (Å²) < 4.78 is 0. The zero-order valence-corrected chi connectivity index (χ0v) is 56.0. The number of aryl methyl sites for hydroxylation is 3. The Labute approximate surface area is 562 Å². The smallest absolute Gasteiger partial charge is 0.0159 e. The van der Waals surface area contributed by atoms with Crippen LogP contribution < -0.4 is 0 Å². The van der Waals surface area contributed by atoms with Gasteiger partial charge in [-0.2, -0.15) is 0 Å². The van der Waals surface area contributed by atoms with Gasteiger partial charge in [0.05, 0.1) is 0 Å². The van der Waals surface area contributed by atoms with Crippen molar-refractivity contribution in [2.75, 3.05) is 0 Å². The molecule has 0 fully saturated rings. The summed E-state index contributed by atoms with van der Waals surface area (Å²) in [7, 11) is 0. The molecule has 0 unspecified atom stereocenters. The molecule has 3 aliphatic carbocycles.